The number of rotatable bonds is 5. The molecule has 19 heavy (non-hydrogen) atoms. The van der Waals surface area contributed by atoms with Gasteiger partial charge in [-0.1, -0.05) is 6.07 Å². The summed E-state index contributed by atoms with van der Waals surface area (Å²) >= 11 is 0. The standard InChI is InChI=1S/C13H16F3NO2/c14-13(15,16)8-19-6-5-17-12-4-1-9-7-10(18)2-3-11(9)12/h2-3,7,12,17-18H,1,4-6,8H2. The van der Waals surface area contributed by atoms with Crippen molar-refractivity contribution in [1.82, 2.24) is 5.32 Å². The van der Waals surface area contributed by atoms with Crippen molar-refractivity contribution in [2.75, 3.05) is 19.8 Å². The third-order valence-corrected chi connectivity index (χ3v) is 3.11. The van der Waals surface area contributed by atoms with Crippen LogP contribution >= 0.6 is 0 Å². The smallest absolute Gasteiger partial charge is 0.411 e. The SMILES string of the molecule is Oc1ccc2c(c1)CCC2NCCOCC(F)(F)F. The van der Waals surface area contributed by atoms with Crippen molar-refractivity contribution < 1.29 is 23.0 Å². The number of ether oxygens (including phenoxy) is 1. The van der Waals surface area contributed by atoms with Crippen LogP contribution in [0.5, 0.6) is 5.75 Å². The molecule has 0 aromatic heterocycles. The lowest BCUT2D eigenvalue weighted by Gasteiger charge is -2.14. The first-order valence-electron chi connectivity index (χ1n) is 6.15. The van der Waals surface area contributed by atoms with Crippen LogP contribution in [0.15, 0.2) is 18.2 Å². The Morgan fingerprint density at radius 2 is 2.16 bits per heavy atom. The minimum absolute atomic E-state index is 0.0312. The third kappa shape index (κ3) is 4.11. The first-order chi connectivity index (χ1) is 8.96. The topological polar surface area (TPSA) is 41.5 Å². The molecule has 1 aliphatic carbocycles. The van der Waals surface area contributed by atoms with E-state index >= 15 is 0 Å². The molecule has 2 N–H and O–H groups in total. The lowest BCUT2D eigenvalue weighted by atomic mass is 10.1. The van der Waals surface area contributed by atoms with Gasteiger partial charge in [0.2, 0.25) is 0 Å². The number of hydrogen-bond donors (Lipinski definition) is 2. The maximum absolute atomic E-state index is 11.8. The van der Waals surface area contributed by atoms with Gasteiger partial charge in [0.15, 0.2) is 0 Å². The highest BCUT2D eigenvalue weighted by Crippen LogP contribution is 2.32. The van der Waals surface area contributed by atoms with E-state index < -0.39 is 12.8 Å². The van der Waals surface area contributed by atoms with E-state index in [0.29, 0.717) is 6.54 Å². The van der Waals surface area contributed by atoms with Crippen LogP contribution in [0.2, 0.25) is 0 Å². The Bertz CT molecular complexity index is 434. The van der Waals surface area contributed by atoms with Gasteiger partial charge in [-0.2, -0.15) is 13.2 Å². The van der Waals surface area contributed by atoms with E-state index in [2.05, 4.69) is 10.1 Å². The Kier molecular flexibility index (Phi) is 4.31. The maximum Gasteiger partial charge on any atom is 0.411 e. The van der Waals surface area contributed by atoms with Gasteiger partial charge in [-0.25, -0.2) is 0 Å². The van der Waals surface area contributed by atoms with Crippen LogP contribution in [-0.4, -0.2) is 31.0 Å². The summed E-state index contributed by atoms with van der Waals surface area (Å²) in [7, 11) is 0. The molecule has 106 valence electrons. The zero-order valence-corrected chi connectivity index (χ0v) is 10.3. The molecule has 1 aliphatic rings. The summed E-state index contributed by atoms with van der Waals surface area (Å²) < 4.78 is 40.1. The predicted octanol–water partition coefficient (Wildman–Crippen LogP) is 2.55. The largest absolute Gasteiger partial charge is 0.508 e. The first-order valence-corrected chi connectivity index (χ1v) is 6.15. The molecule has 0 radical (unpaired) electrons. The second-order valence-electron chi connectivity index (χ2n) is 4.60. The van der Waals surface area contributed by atoms with Crippen molar-refractivity contribution in [2.24, 2.45) is 0 Å². The Balaban J connectivity index is 1.74. The number of halogens is 3. The van der Waals surface area contributed by atoms with Crippen molar-refractivity contribution >= 4 is 0 Å². The van der Waals surface area contributed by atoms with Crippen LogP contribution < -0.4 is 5.32 Å². The highest BCUT2D eigenvalue weighted by molar-refractivity contribution is 5.39. The van der Waals surface area contributed by atoms with Gasteiger partial charge >= 0.3 is 6.18 Å². The molecular formula is C13H16F3NO2. The minimum Gasteiger partial charge on any atom is -0.508 e. The molecule has 0 heterocycles. The number of benzene rings is 1. The molecule has 0 amide bonds. The van der Waals surface area contributed by atoms with Crippen molar-refractivity contribution in [3.63, 3.8) is 0 Å². The molecule has 1 atom stereocenters. The minimum atomic E-state index is -4.27. The molecular weight excluding hydrogens is 259 g/mol. The average Bonchev–Trinajstić information content (AvgIpc) is 2.69. The van der Waals surface area contributed by atoms with Crippen molar-refractivity contribution in [2.45, 2.75) is 25.1 Å². The number of aryl methyl sites for hydroxylation is 1. The summed E-state index contributed by atoms with van der Waals surface area (Å²) in [4.78, 5) is 0. The molecule has 2 rings (SSSR count). The number of alkyl halides is 3. The fourth-order valence-electron chi connectivity index (χ4n) is 2.31. The van der Waals surface area contributed by atoms with Gasteiger partial charge in [0.25, 0.3) is 0 Å². The molecule has 6 heteroatoms. The van der Waals surface area contributed by atoms with Gasteiger partial charge in [-0.3, -0.25) is 0 Å². The third-order valence-electron chi connectivity index (χ3n) is 3.11. The first kappa shape index (κ1) is 14.1. The van der Waals surface area contributed by atoms with Gasteiger partial charge in [-0.15, -0.1) is 0 Å². The van der Waals surface area contributed by atoms with Gasteiger partial charge in [0.05, 0.1) is 6.61 Å². The van der Waals surface area contributed by atoms with Crippen LogP contribution in [0.1, 0.15) is 23.6 Å². The van der Waals surface area contributed by atoms with E-state index in [0.717, 1.165) is 24.0 Å². The number of aromatic hydroxyl groups is 1. The molecule has 0 aliphatic heterocycles. The molecule has 0 spiro atoms. The summed E-state index contributed by atoms with van der Waals surface area (Å²) in [5, 5.41) is 12.5. The average molecular weight is 275 g/mol. The summed E-state index contributed by atoms with van der Waals surface area (Å²) in [6.45, 7) is -0.797. The predicted molar refractivity (Wildman–Crippen MR) is 64.0 cm³/mol. The van der Waals surface area contributed by atoms with Crippen molar-refractivity contribution in [3.8, 4) is 5.75 Å². The number of hydrogen-bond acceptors (Lipinski definition) is 3. The van der Waals surface area contributed by atoms with Gasteiger partial charge in [0, 0.05) is 12.6 Å². The van der Waals surface area contributed by atoms with Crippen molar-refractivity contribution in [1.29, 1.82) is 0 Å². The second-order valence-corrected chi connectivity index (χ2v) is 4.60. The zero-order valence-electron chi connectivity index (χ0n) is 10.3. The molecule has 0 bridgehead atoms. The Hall–Kier alpha value is -1.27. The van der Waals surface area contributed by atoms with Gasteiger partial charge < -0.3 is 15.2 Å². The lowest BCUT2D eigenvalue weighted by molar-refractivity contribution is -0.173. The fraction of sp³-hybridized carbons (Fsp3) is 0.538. The zero-order chi connectivity index (χ0) is 13.9. The second kappa shape index (κ2) is 5.79. The van der Waals surface area contributed by atoms with E-state index in [1.807, 2.05) is 6.07 Å². The lowest BCUT2D eigenvalue weighted by Crippen LogP contribution is -2.26. The molecule has 1 aromatic rings. The monoisotopic (exact) mass is 275 g/mol. The quantitative estimate of drug-likeness (QED) is 0.811. The maximum atomic E-state index is 11.8. The van der Waals surface area contributed by atoms with E-state index in [9.17, 15) is 18.3 Å². The highest BCUT2D eigenvalue weighted by Gasteiger charge is 2.27. The van der Waals surface area contributed by atoms with Crippen LogP contribution in [0.3, 0.4) is 0 Å². The van der Waals surface area contributed by atoms with Crippen LogP contribution in [-0.2, 0) is 11.2 Å². The Labute approximate surface area is 109 Å². The normalized spacial score (nSPS) is 18.6. The van der Waals surface area contributed by atoms with Crippen LogP contribution in [0, 0.1) is 0 Å². The Morgan fingerprint density at radius 1 is 1.37 bits per heavy atom. The van der Waals surface area contributed by atoms with E-state index in [1.54, 1.807) is 12.1 Å². The summed E-state index contributed by atoms with van der Waals surface area (Å²) in [6, 6.07) is 5.34. The molecule has 0 fully saturated rings. The van der Waals surface area contributed by atoms with Gasteiger partial charge in [-0.05, 0) is 36.1 Å². The van der Waals surface area contributed by atoms with E-state index in [1.165, 1.54) is 0 Å². The number of fused-ring (bicyclic) bond motifs is 1. The highest BCUT2D eigenvalue weighted by atomic mass is 19.4. The number of phenolic OH excluding ortho intramolecular Hbond substituents is 1. The molecule has 0 saturated heterocycles. The Morgan fingerprint density at radius 3 is 2.89 bits per heavy atom. The van der Waals surface area contributed by atoms with Gasteiger partial charge in [0.1, 0.15) is 12.4 Å². The fourth-order valence-corrected chi connectivity index (χ4v) is 2.31. The number of nitrogens with one attached hydrogen (secondary N) is 1. The van der Waals surface area contributed by atoms with E-state index in [4.69, 9.17) is 0 Å². The van der Waals surface area contributed by atoms with Crippen molar-refractivity contribution in [3.05, 3.63) is 29.3 Å². The van der Waals surface area contributed by atoms with Crippen LogP contribution in [0.4, 0.5) is 13.2 Å². The van der Waals surface area contributed by atoms with E-state index in [-0.39, 0.29) is 18.4 Å². The molecule has 1 unspecified atom stereocenters. The molecule has 0 saturated carbocycles. The summed E-state index contributed by atoms with van der Waals surface area (Å²) in [5.74, 6) is 0.243. The molecule has 1 aromatic carbocycles. The summed E-state index contributed by atoms with van der Waals surface area (Å²) in [6.07, 6.45) is -2.51. The summed E-state index contributed by atoms with van der Waals surface area (Å²) in [5.41, 5.74) is 2.20. The molecule has 3 nitrogen and oxygen atoms in total. The number of phenols is 1. The van der Waals surface area contributed by atoms with Crippen LogP contribution in [0.25, 0.3) is 0 Å².